The Morgan fingerprint density at radius 2 is 1.80 bits per heavy atom. The van der Waals surface area contributed by atoms with E-state index < -0.39 is 37.3 Å². The van der Waals surface area contributed by atoms with Crippen LogP contribution in [0.4, 0.5) is 0 Å². The van der Waals surface area contributed by atoms with Crippen LogP contribution in [0, 0.1) is 0 Å². The number of ether oxygens (including phenoxy) is 1. The Balaban J connectivity index is 2.57. The second-order valence-corrected chi connectivity index (χ2v) is 3.49. The third-order valence-electron chi connectivity index (χ3n) is 2.38. The lowest BCUT2D eigenvalue weighted by Crippen LogP contribution is -2.62. The number of aliphatic hydroxyl groups excluding tert-OH is 4. The number of hydrogen-bond donors (Lipinski definition) is 6. The number of nitrogens with one attached hydrogen (secondary N) is 1. The summed E-state index contributed by atoms with van der Waals surface area (Å²) in [5, 5.41) is 40.0. The molecule has 0 aromatic carbocycles. The lowest BCUT2D eigenvalue weighted by molar-refractivity contribution is -0.236. The first-order chi connectivity index (χ1) is 7.11. The predicted octanol–water partition coefficient (Wildman–Crippen LogP) is -3.67. The SMILES string of the molecule is NCCN[C@H]1O[C@@H](CO)[C@@H](O)[C@@H](O)[C@@H]1O. The van der Waals surface area contributed by atoms with Crippen LogP contribution in [0.1, 0.15) is 0 Å². The minimum atomic E-state index is -1.34. The summed E-state index contributed by atoms with van der Waals surface area (Å²) in [5.74, 6) is 0. The molecule has 90 valence electrons. The summed E-state index contributed by atoms with van der Waals surface area (Å²) in [5.41, 5.74) is 5.26. The van der Waals surface area contributed by atoms with Crippen LogP contribution in [0.15, 0.2) is 0 Å². The average Bonchev–Trinajstić information content (AvgIpc) is 2.25. The van der Waals surface area contributed by atoms with Gasteiger partial charge < -0.3 is 30.9 Å². The van der Waals surface area contributed by atoms with Gasteiger partial charge in [0.1, 0.15) is 30.6 Å². The fourth-order valence-electron chi connectivity index (χ4n) is 1.50. The summed E-state index contributed by atoms with van der Waals surface area (Å²) in [6, 6.07) is 0. The highest BCUT2D eigenvalue weighted by atomic mass is 16.6. The molecule has 7 heteroatoms. The summed E-state index contributed by atoms with van der Waals surface area (Å²) in [4.78, 5) is 0. The van der Waals surface area contributed by atoms with Gasteiger partial charge in [-0.3, -0.25) is 5.32 Å². The van der Waals surface area contributed by atoms with Gasteiger partial charge >= 0.3 is 0 Å². The van der Waals surface area contributed by atoms with E-state index in [1.165, 1.54) is 0 Å². The Labute approximate surface area is 87.5 Å². The van der Waals surface area contributed by atoms with Crippen LogP contribution in [0.2, 0.25) is 0 Å². The van der Waals surface area contributed by atoms with E-state index in [-0.39, 0.29) is 0 Å². The maximum Gasteiger partial charge on any atom is 0.137 e. The fraction of sp³-hybridized carbons (Fsp3) is 1.00. The van der Waals surface area contributed by atoms with Gasteiger partial charge in [0.05, 0.1) is 6.61 Å². The van der Waals surface area contributed by atoms with Crippen LogP contribution in [0.5, 0.6) is 0 Å². The zero-order chi connectivity index (χ0) is 11.4. The van der Waals surface area contributed by atoms with Gasteiger partial charge in [-0.2, -0.15) is 0 Å². The third-order valence-corrected chi connectivity index (χ3v) is 2.38. The molecule has 0 spiro atoms. The van der Waals surface area contributed by atoms with Crippen molar-refractivity contribution in [2.75, 3.05) is 19.7 Å². The van der Waals surface area contributed by atoms with Crippen molar-refractivity contribution in [3.05, 3.63) is 0 Å². The Bertz CT molecular complexity index is 192. The highest BCUT2D eigenvalue weighted by molar-refractivity contribution is 4.90. The van der Waals surface area contributed by atoms with Crippen molar-refractivity contribution in [1.29, 1.82) is 0 Å². The van der Waals surface area contributed by atoms with Crippen LogP contribution < -0.4 is 11.1 Å². The lowest BCUT2D eigenvalue weighted by atomic mass is 9.98. The summed E-state index contributed by atoms with van der Waals surface area (Å²) in [6.45, 7) is 0.337. The van der Waals surface area contributed by atoms with Gasteiger partial charge in [-0.15, -0.1) is 0 Å². The molecule has 0 amide bonds. The van der Waals surface area contributed by atoms with Gasteiger partial charge in [0, 0.05) is 13.1 Å². The molecule has 1 saturated heterocycles. The maximum atomic E-state index is 9.53. The van der Waals surface area contributed by atoms with Crippen LogP contribution in [-0.2, 0) is 4.74 Å². The topological polar surface area (TPSA) is 128 Å². The zero-order valence-electron chi connectivity index (χ0n) is 8.28. The van der Waals surface area contributed by atoms with E-state index in [1.807, 2.05) is 0 Å². The molecule has 1 aliphatic rings. The molecular formula is C8H18N2O5. The molecule has 0 aliphatic carbocycles. The highest BCUT2D eigenvalue weighted by Crippen LogP contribution is 2.19. The van der Waals surface area contributed by atoms with Crippen molar-refractivity contribution in [2.45, 2.75) is 30.6 Å². The Morgan fingerprint density at radius 1 is 1.13 bits per heavy atom. The number of hydrogen-bond acceptors (Lipinski definition) is 7. The standard InChI is InChI=1S/C8H18N2O5/c9-1-2-10-8-7(14)6(13)5(12)4(3-11)15-8/h4-8,10-14H,1-3,9H2/t4-,5+,6+,7-,8-/m0/s1. The van der Waals surface area contributed by atoms with E-state index in [1.54, 1.807) is 0 Å². The van der Waals surface area contributed by atoms with Crippen molar-refractivity contribution in [3.63, 3.8) is 0 Å². The molecule has 15 heavy (non-hydrogen) atoms. The second-order valence-electron chi connectivity index (χ2n) is 3.49. The minimum Gasteiger partial charge on any atom is -0.394 e. The van der Waals surface area contributed by atoms with Crippen molar-refractivity contribution in [2.24, 2.45) is 5.73 Å². The summed E-state index contributed by atoms with van der Waals surface area (Å²) in [6.07, 6.45) is -5.61. The van der Waals surface area contributed by atoms with E-state index in [2.05, 4.69) is 5.32 Å². The Kier molecular flexibility index (Phi) is 4.87. The van der Waals surface area contributed by atoms with Gasteiger partial charge in [0.15, 0.2) is 0 Å². The molecule has 7 N–H and O–H groups in total. The second kappa shape index (κ2) is 5.71. The largest absolute Gasteiger partial charge is 0.394 e. The van der Waals surface area contributed by atoms with E-state index in [9.17, 15) is 15.3 Å². The van der Waals surface area contributed by atoms with E-state index in [0.29, 0.717) is 13.1 Å². The normalized spacial score (nSPS) is 41.8. The maximum absolute atomic E-state index is 9.53. The first-order valence-electron chi connectivity index (χ1n) is 4.85. The van der Waals surface area contributed by atoms with Crippen LogP contribution >= 0.6 is 0 Å². The molecule has 1 fully saturated rings. The monoisotopic (exact) mass is 222 g/mol. The average molecular weight is 222 g/mol. The molecule has 1 heterocycles. The number of rotatable bonds is 4. The minimum absolute atomic E-state index is 0.356. The first-order valence-corrected chi connectivity index (χ1v) is 4.85. The molecule has 0 radical (unpaired) electrons. The zero-order valence-corrected chi connectivity index (χ0v) is 8.28. The van der Waals surface area contributed by atoms with Crippen LogP contribution in [0.3, 0.4) is 0 Å². The Hall–Kier alpha value is -0.280. The number of nitrogens with two attached hydrogens (primary N) is 1. The highest BCUT2D eigenvalue weighted by Gasteiger charge is 2.42. The van der Waals surface area contributed by atoms with Gasteiger partial charge in [0.2, 0.25) is 0 Å². The van der Waals surface area contributed by atoms with Crippen molar-refractivity contribution in [1.82, 2.24) is 5.32 Å². The van der Waals surface area contributed by atoms with E-state index in [0.717, 1.165) is 0 Å². The third kappa shape index (κ3) is 2.85. The van der Waals surface area contributed by atoms with E-state index in [4.69, 9.17) is 15.6 Å². The van der Waals surface area contributed by atoms with Crippen LogP contribution in [0.25, 0.3) is 0 Å². The molecule has 0 aromatic rings. The van der Waals surface area contributed by atoms with Gasteiger partial charge in [-0.1, -0.05) is 0 Å². The summed E-state index contributed by atoms with van der Waals surface area (Å²) < 4.78 is 5.16. The predicted molar refractivity (Wildman–Crippen MR) is 50.8 cm³/mol. The molecular weight excluding hydrogens is 204 g/mol. The van der Waals surface area contributed by atoms with Crippen molar-refractivity contribution in [3.8, 4) is 0 Å². The van der Waals surface area contributed by atoms with Crippen molar-refractivity contribution >= 4 is 0 Å². The summed E-state index contributed by atoms with van der Waals surface area (Å²) in [7, 11) is 0. The number of aliphatic hydroxyl groups is 4. The molecule has 0 unspecified atom stereocenters. The van der Waals surface area contributed by atoms with Crippen molar-refractivity contribution < 1.29 is 25.2 Å². The molecule has 0 saturated carbocycles. The van der Waals surface area contributed by atoms with Gasteiger partial charge in [0.25, 0.3) is 0 Å². The molecule has 1 rings (SSSR count). The smallest absolute Gasteiger partial charge is 0.137 e. The van der Waals surface area contributed by atoms with Gasteiger partial charge in [-0.25, -0.2) is 0 Å². The molecule has 7 nitrogen and oxygen atoms in total. The molecule has 0 aromatic heterocycles. The van der Waals surface area contributed by atoms with E-state index >= 15 is 0 Å². The summed E-state index contributed by atoms with van der Waals surface area (Å²) >= 11 is 0. The molecule has 5 atom stereocenters. The molecule has 1 aliphatic heterocycles. The lowest BCUT2D eigenvalue weighted by Gasteiger charge is -2.40. The van der Waals surface area contributed by atoms with Crippen LogP contribution in [-0.4, -0.2) is 70.8 Å². The quantitative estimate of drug-likeness (QED) is 0.289. The first kappa shape index (κ1) is 12.8. The van der Waals surface area contributed by atoms with Gasteiger partial charge in [-0.05, 0) is 0 Å². The fourth-order valence-corrected chi connectivity index (χ4v) is 1.50. The molecule has 0 bridgehead atoms. The Morgan fingerprint density at radius 3 is 2.33 bits per heavy atom.